The summed E-state index contributed by atoms with van der Waals surface area (Å²) in [5.41, 5.74) is 3.32. The molecule has 138 valence electrons. The molecule has 1 aromatic heterocycles. The maximum Gasteiger partial charge on any atom is 0.270 e. The molecule has 3 rings (SSSR count). The lowest BCUT2D eigenvalue weighted by molar-refractivity contribution is 0.0946. The van der Waals surface area contributed by atoms with Crippen LogP contribution in [-0.2, 0) is 13.1 Å². The van der Waals surface area contributed by atoms with Crippen molar-refractivity contribution in [3.63, 3.8) is 0 Å². The number of nitrogens with zero attached hydrogens (tertiary/aromatic N) is 1. The predicted octanol–water partition coefficient (Wildman–Crippen LogP) is 4.29. The maximum absolute atomic E-state index is 12.2. The zero-order valence-electron chi connectivity index (χ0n) is 14.9. The second-order valence-electron chi connectivity index (χ2n) is 5.94. The van der Waals surface area contributed by atoms with E-state index >= 15 is 0 Å². The van der Waals surface area contributed by atoms with Crippen molar-refractivity contribution >= 4 is 23.2 Å². The van der Waals surface area contributed by atoms with E-state index in [9.17, 15) is 4.79 Å². The third kappa shape index (κ3) is 5.46. The molecule has 0 aliphatic carbocycles. The first-order chi connectivity index (χ1) is 13.1. The van der Waals surface area contributed by atoms with Crippen molar-refractivity contribution in [2.24, 2.45) is 0 Å². The van der Waals surface area contributed by atoms with E-state index in [1.165, 1.54) is 0 Å². The number of benzene rings is 2. The van der Waals surface area contributed by atoms with E-state index in [0.717, 1.165) is 22.6 Å². The van der Waals surface area contributed by atoms with Crippen LogP contribution in [0.3, 0.4) is 0 Å². The largest absolute Gasteiger partial charge is 0.497 e. The van der Waals surface area contributed by atoms with Crippen LogP contribution in [-0.4, -0.2) is 18.0 Å². The molecular weight excluding hydrogens is 362 g/mol. The number of nitrogens with one attached hydrogen (secondary N) is 2. The number of carbonyl (C=O) groups is 1. The molecule has 3 aromatic rings. The summed E-state index contributed by atoms with van der Waals surface area (Å²) in [6, 6.07) is 18.7. The van der Waals surface area contributed by atoms with Gasteiger partial charge in [-0.15, -0.1) is 0 Å². The first-order valence-corrected chi connectivity index (χ1v) is 8.87. The second-order valence-corrected chi connectivity index (χ2v) is 6.38. The topological polar surface area (TPSA) is 63.2 Å². The Kier molecular flexibility index (Phi) is 6.28. The third-order valence-electron chi connectivity index (χ3n) is 4.02. The van der Waals surface area contributed by atoms with Crippen LogP contribution in [0.25, 0.3) is 0 Å². The van der Waals surface area contributed by atoms with Crippen molar-refractivity contribution in [2.45, 2.75) is 13.1 Å². The average molecular weight is 382 g/mol. The van der Waals surface area contributed by atoms with E-state index in [2.05, 4.69) is 15.6 Å². The number of aromatic nitrogens is 1. The number of rotatable bonds is 7. The molecule has 0 unspecified atom stereocenters. The molecule has 0 saturated carbocycles. The van der Waals surface area contributed by atoms with Gasteiger partial charge in [0.15, 0.2) is 0 Å². The number of carbonyl (C=O) groups excluding carboxylic acids is 1. The van der Waals surface area contributed by atoms with Gasteiger partial charge in [-0.2, -0.15) is 0 Å². The Morgan fingerprint density at radius 3 is 2.26 bits per heavy atom. The van der Waals surface area contributed by atoms with Gasteiger partial charge in [-0.1, -0.05) is 35.9 Å². The summed E-state index contributed by atoms with van der Waals surface area (Å²) in [6.45, 7) is 1.09. The fourth-order valence-electron chi connectivity index (χ4n) is 2.46. The molecule has 0 spiro atoms. The van der Waals surface area contributed by atoms with Crippen LogP contribution < -0.4 is 15.4 Å². The van der Waals surface area contributed by atoms with Crippen molar-refractivity contribution in [3.05, 3.63) is 88.7 Å². The molecule has 0 saturated heterocycles. The molecule has 2 aromatic carbocycles. The van der Waals surface area contributed by atoms with Gasteiger partial charge in [-0.25, -0.2) is 4.98 Å². The summed E-state index contributed by atoms with van der Waals surface area (Å²) >= 11 is 5.88. The Morgan fingerprint density at radius 2 is 1.63 bits per heavy atom. The van der Waals surface area contributed by atoms with Gasteiger partial charge in [0.05, 0.1) is 19.0 Å². The van der Waals surface area contributed by atoms with Gasteiger partial charge in [0, 0.05) is 18.1 Å². The molecule has 0 atom stereocenters. The zero-order chi connectivity index (χ0) is 19.1. The Hall–Kier alpha value is -3.05. The van der Waals surface area contributed by atoms with Crippen LogP contribution in [0.5, 0.6) is 5.75 Å². The second kappa shape index (κ2) is 9.05. The number of hydrogen-bond acceptors (Lipinski definition) is 4. The molecule has 0 aliphatic heterocycles. The van der Waals surface area contributed by atoms with Gasteiger partial charge in [0.1, 0.15) is 11.4 Å². The average Bonchev–Trinajstić information content (AvgIpc) is 2.72. The lowest BCUT2D eigenvalue weighted by Crippen LogP contribution is -2.23. The van der Waals surface area contributed by atoms with Crippen LogP contribution in [0.2, 0.25) is 5.02 Å². The van der Waals surface area contributed by atoms with E-state index in [1.54, 1.807) is 19.4 Å². The van der Waals surface area contributed by atoms with Crippen LogP contribution in [0, 0.1) is 0 Å². The van der Waals surface area contributed by atoms with Crippen LogP contribution in [0.1, 0.15) is 21.6 Å². The van der Waals surface area contributed by atoms with Crippen LogP contribution >= 0.6 is 11.6 Å². The Morgan fingerprint density at radius 1 is 0.963 bits per heavy atom. The minimum absolute atomic E-state index is 0.213. The number of ether oxygens (including phenoxy) is 1. The summed E-state index contributed by atoms with van der Waals surface area (Å²) in [6.07, 6.45) is 1.65. The number of halogens is 1. The highest BCUT2D eigenvalue weighted by Crippen LogP contribution is 2.13. The minimum Gasteiger partial charge on any atom is -0.497 e. The van der Waals surface area contributed by atoms with E-state index in [1.807, 2.05) is 54.6 Å². The van der Waals surface area contributed by atoms with Gasteiger partial charge >= 0.3 is 0 Å². The van der Waals surface area contributed by atoms with E-state index in [4.69, 9.17) is 16.3 Å². The fraction of sp³-hybridized carbons (Fsp3) is 0.143. The predicted molar refractivity (Wildman–Crippen MR) is 107 cm³/mol. The normalized spacial score (nSPS) is 10.3. The van der Waals surface area contributed by atoms with Crippen molar-refractivity contribution in [2.75, 3.05) is 12.4 Å². The Labute approximate surface area is 163 Å². The monoisotopic (exact) mass is 381 g/mol. The summed E-state index contributed by atoms with van der Waals surface area (Å²) in [4.78, 5) is 16.5. The highest BCUT2D eigenvalue weighted by molar-refractivity contribution is 6.30. The number of amides is 1. The molecule has 0 bridgehead atoms. The van der Waals surface area contributed by atoms with Gasteiger partial charge in [-0.3, -0.25) is 4.79 Å². The fourth-order valence-corrected chi connectivity index (χ4v) is 2.58. The summed E-state index contributed by atoms with van der Waals surface area (Å²) in [5, 5.41) is 6.84. The molecule has 1 amide bonds. The third-order valence-corrected chi connectivity index (χ3v) is 4.27. The van der Waals surface area contributed by atoms with E-state index < -0.39 is 0 Å². The highest BCUT2D eigenvalue weighted by atomic mass is 35.5. The Balaban J connectivity index is 1.51. The number of hydrogen-bond donors (Lipinski definition) is 2. The van der Waals surface area contributed by atoms with Gasteiger partial charge in [0.25, 0.3) is 5.91 Å². The van der Waals surface area contributed by atoms with E-state index in [0.29, 0.717) is 23.8 Å². The smallest absolute Gasteiger partial charge is 0.270 e. The van der Waals surface area contributed by atoms with Crippen molar-refractivity contribution < 1.29 is 9.53 Å². The van der Waals surface area contributed by atoms with Gasteiger partial charge in [-0.05, 0) is 47.5 Å². The Bertz CT molecular complexity index is 879. The van der Waals surface area contributed by atoms with Crippen molar-refractivity contribution in [1.29, 1.82) is 0 Å². The van der Waals surface area contributed by atoms with Gasteiger partial charge < -0.3 is 15.4 Å². The first kappa shape index (κ1) is 18.7. The molecule has 0 radical (unpaired) electrons. The standard InChI is InChI=1S/C21H20ClN3O2/c1-27-19-9-4-16(5-10-19)13-25-21(26)20-11-8-18(14-24-20)23-12-15-2-6-17(22)7-3-15/h2-11,14,23H,12-13H2,1H3,(H,25,26). The molecule has 27 heavy (non-hydrogen) atoms. The van der Waals surface area contributed by atoms with Crippen LogP contribution in [0.4, 0.5) is 5.69 Å². The summed E-state index contributed by atoms with van der Waals surface area (Å²) in [5.74, 6) is 0.573. The van der Waals surface area contributed by atoms with Crippen molar-refractivity contribution in [1.82, 2.24) is 10.3 Å². The SMILES string of the molecule is COc1ccc(CNC(=O)c2ccc(NCc3ccc(Cl)cc3)cn2)cc1. The molecular formula is C21H20ClN3O2. The number of anilines is 1. The number of methoxy groups -OCH3 is 1. The van der Waals surface area contributed by atoms with Crippen molar-refractivity contribution in [3.8, 4) is 5.75 Å². The highest BCUT2D eigenvalue weighted by Gasteiger charge is 2.07. The lowest BCUT2D eigenvalue weighted by atomic mass is 10.2. The molecule has 0 fully saturated rings. The van der Waals surface area contributed by atoms with Gasteiger partial charge in [0.2, 0.25) is 0 Å². The lowest BCUT2D eigenvalue weighted by Gasteiger charge is -2.08. The molecule has 6 heteroatoms. The summed E-state index contributed by atoms with van der Waals surface area (Å²) in [7, 11) is 1.62. The number of pyridine rings is 1. The zero-order valence-corrected chi connectivity index (χ0v) is 15.7. The summed E-state index contributed by atoms with van der Waals surface area (Å²) < 4.78 is 5.12. The first-order valence-electron chi connectivity index (χ1n) is 8.49. The molecule has 1 heterocycles. The molecule has 0 aliphatic rings. The minimum atomic E-state index is -0.213. The maximum atomic E-state index is 12.2. The molecule has 2 N–H and O–H groups in total. The quantitative estimate of drug-likeness (QED) is 0.641. The molecule has 5 nitrogen and oxygen atoms in total. The van der Waals surface area contributed by atoms with Crippen LogP contribution in [0.15, 0.2) is 66.9 Å². The van der Waals surface area contributed by atoms with E-state index in [-0.39, 0.29) is 5.91 Å².